The van der Waals surface area contributed by atoms with Gasteiger partial charge in [0.1, 0.15) is 16.5 Å². The van der Waals surface area contributed by atoms with E-state index in [4.69, 9.17) is 0 Å². The second kappa shape index (κ2) is 9.32. The lowest BCUT2D eigenvalue weighted by atomic mass is 10.1. The van der Waals surface area contributed by atoms with Crippen LogP contribution in [0.25, 0.3) is 0 Å². The maximum Gasteiger partial charge on any atom is 0.271 e. The van der Waals surface area contributed by atoms with E-state index in [1.54, 1.807) is 20.8 Å². The van der Waals surface area contributed by atoms with E-state index in [-0.39, 0.29) is 29.3 Å². The number of halogens is 2. The van der Waals surface area contributed by atoms with Crippen LogP contribution in [0.2, 0.25) is 0 Å². The number of nitrogens with one attached hydrogen (secondary N) is 3. The third-order valence-corrected chi connectivity index (χ3v) is 4.91. The Labute approximate surface area is 186 Å². The first-order chi connectivity index (χ1) is 15.0. The Kier molecular flexibility index (Phi) is 6.75. The fourth-order valence-electron chi connectivity index (χ4n) is 2.53. The summed E-state index contributed by atoms with van der Waals surface area (Å²) in [4.78, 5) is 33.1. The minimum atomic E-state index is -1.09. The van der Waals surface area contributed by atoms with Gasteiger partial charge in [0, 0.05) is 18.3 Å². The Morgan fingerprint density at radius 2 is 1.91 bits per heavy atom. The maximum atomic E-state index is 13.4. The molecule has 0 unspecified atom stereocenters. The van der Waals surface area contributed by atoms with Crippen LogP contribution in [0.4, 0.5) is 25.3 Å². The summed E-state index contributed by atoms with van der Waals surface area (Å²) in [5.74, 6) is -3.04. The number of amides is 2. The highest BCUT2D eigenvalue weighted by molar-refractivity contribution is 7.10. The summed E-state index contributed by atoms with van der Waals surface area (Å²) in [6.07, 6.45) is 2.62. The molecule has 0 radical (unpaired) electrons. The van der Waals surface area contributed by atoms with Crippen LogP contribution in [0.15, 0.2) is 30.6 Å². The third kappa shape index (κ3) is 5.80. The summed E-state index contributed by atoms with van der Waals surface area (Å²) in [7, 11) is 0. The van der Waals surface area contributed by atoms with Gasteiger partial charge in [-0.05, 0) is 44.4 Å². The van der Waals surface area contributed by atoms with Crippen molar-refractivity contribution in [2.24, 2.45) is 0 Å². The molecule has 3 rings (SSSR count). The van der Waals surface area contributed by atoms with Crippen molar-refractivity contribution in [1.29, 1.82) is 0 Å². The highest BCUT2D eigenvalue weighted by Crippen LogP contribution is 2.28. The van der Waals surface area contributed by atoms with Gasteiger partial charge in [-0.3, -0.25) is 14.6 Å². The van der Waals surface area contributed by atoms with Gasteiger partial charge in [0.05, 0.1) is 29.3 Å². The average molecular weight is 462 g/mol. The first-order valence-electron chi connectivity index (χ1n) is 9.36. The van der Waals surface area contributed by atoms with Crippen molar-refractivity contribution in [1.82, 2.24) is 19.7 Å². The highest BCUT2D eigenvalue weighted by Gasteiger charge is 2.21. The molecule has 0 saturated carbocycles. The number of hydrogen-bond donors (Lipinski definition) is 4. The van der Waals surface area contributed by atoms with Crippen molar-refractivity contribution >= 4 is 39.9 Å². The number of aliphatic hydroxyl groups is 1. The summed E-state index contributed by atoms with van der Waals surface area (Å²) in [6, 6.07) is 3.02. The van der Waals surface area contributed by atoms with Gasteiger partial charge >= 0.3 is 0 Å². The molecule has 0 aliphatic carbocycles. The van der Waals surface area contributed by atoms with Crippen LogP contribution >= 0.6 is 11.5 Å². The molecule has 2 amide bonds. The van der Waals surface area contributed by atoms with E-state index < -0.39 is 29.0 Å². The zero-order valence-electron chi connectivity index (χ0n) is 17.4. The molecule has 0 aliphatic rings. The van der Waals surface area contributed by atoms with Crippen LogP contribution in [0.5, 0.6) is 0 Å². The quantitative estimate of drug-likeness (QED) is 0.425. The van der Waals surface area contributed by atoms with Gasteiger partial charge in [-0.2, -0.15) is 4.37 Å². The minimum Gasteiger partial charge on any atom is -0.389 e. The lowest BCUT2D eigenvalue weighted by Gasteiger charge is -2.17. The van der Waals surface area contributed by atoms with Gasteiger partial charge < -0.3 is 21.1 Å². The first kappa shape index (κ1) is 23.2. The van der Waals surface area contributed by atoms with Crippen LogP contribution in [-0.2, 0) is 0 Å². The third-order valence-electron chi connectivity index (χ3n) is 4.06. The molecular formula is C20H20F2N6O3S. The maximum absolute atomic E-state index is 13.4. The van der Waals surface area contributed by atoms with Gasteiger partial charge in [-0.15, -0.1) is 0 Å². The molecule has 3 aromatic rings. The van der Waals surface area contributed by atoms with Gasteiger partial charge in [0.2, 0.25) is 0 Å². The second-order valence-electron chi connectivity index (χ2n) is 7.46. The van der Waals surface area contributed by atoms with Crippen molar-refractivity contribution in [3.8, 4) is 0 Å². The van der Waals surface area contributed by atoms with Crippen molar-refractivity contribution < 1.29 is 23.5 Å². The van der Waals surface area contributed by atoms with Crippen LogP contribution in [-0.4, -0.2) is 43.4 Å². The smallest absolute Gasteiger partial charge is 0.271 e. The Morgan fingerprint density at radius 3 is 2.59 bits per heavy atom. The Balaban J connectivity index is 1.77. The zero-order chi connectivity index (χ0) is 23.5. The van der Waals surface area contributed by atoms with Crippen molar-refractivity contribution in [3.05, 3.63) is 59.2 Å². The topological polar surface area (TPSA) is 129 Å². The van der Waals surface area contributed by atoms with Gasteiger partial charge in [-0.25, -0.2) is 13.8 Å². The minimum absolute atomic E-state index is 0.00766. The summed E-state index contributed by atoms with van der Waals surface area (Å²) >= 11 is 0.986. The lowest BCUT2D eigenvalue weighted by molar-refractivity contribution is 0.0692. The predicted molar refractivity (Wildman–Crippen MR) is 115 cm³/mol. The van der Waals surface area contributed by atoms with E-state index in [1.165, 1.54) is 18.5 Å². The molecule has 0 saturated heterocycles. The fourth-order valence-corrected chi connectivity index (χ4v) is 3.33. The molecule has 0 atom stereocenters. The first-order valence-corrected chi connectivity index (χ1v) is 10.1. The van der Waals surface area contributed by atoms with Crippen LogP contribution in [0, 0.1) is 18.6 Å². The van der Waals surface area contributed by atoms with Crippen molar-refractivity contribution in [2.75, 3.05) is 17.2 Å². The van der Waals surface area contributed by atoms with E-state index >= 15 is 0 Å². The number of carbonyl (C=O) groups is 2. The van der Waals surface area contributed by atoms with E-state index in [0.717, 1.165) is 23.7 Å². The fraction of sp³-hybridized carbons (Fsp3) is 0.250. The number of benzene rings is 1. The summed E-state index contributed by atoms with van der Waals surface area (Å²) in [5.41, 5.74) is -0.415. The normalized spacial score (nSPS) is 11.2. The molecule has 2 aromatic heterocycles. The van der Waals surface area contributed by atoms with Crippen LogP contribution in [0.1, 0.15) is 40.4 Å². The molecule has 12 heteroatoms. The number of carbonyl (C=O) groups excluding carboxylic acids is 2. The molecule has 0 aliphatic heterocycles. The Hall–Kier alpha value is -3.51. The Morgan fingerprint density at radius 1 is 1.16 bits per heavy atom. The standard InChI is InChI=1S/C20H20F2N6O3S/c1-10-16(18(30)25-11-4-5-12(21)13(22)6-11)19(32-28-10)27-15-8-23-7-14(26-15)17(29)24-9-20(2,3)31/h4-8,31H,9H2,1-3H3,(H,24,29)(H,25,30)(H,26,27). The molecule has 0 fully saturated rings. The molecule has 1 aromatic carbocycles. The number of nitrogens with zero attached hydrogens (tertiary/aromatic N) is 3. The number of anilines is 3. The molecule has 32 heavy (non-hydrogen) atoms. The molecule has 0 spiro atoms. The summed E-state index contributed by atoms with van der Waals surface area (Å²) < 4.78 is 30.7. The molecule has 4 N–H and O–H groups in total. The predicted octanol–water partition coefficient (Wildman–Crippen LogP) is 3.02. The van der Waals surface area contributed by atoms with E-state index in [1.807, 2.05) is 0 Å². The van der Waals surface area contributed by atoms with Gasteiger partial charge in [0.25, 0.3) is 11.8 Å². The average Bonchev–Trinajstić information content (AvgIpc) is 3.08. The molecular weight excluding hydrogens is 442 g/mol. The van der Waals surface area contributed by atoms with Crippen LogP contribution < -0.4 is 16.0 Å². The summed E-state index contributed by atoms with van der Waals surface area (Å²) in [6.45, 7) is 4.74. The van der Waals surface area contributed by atoms with Gasteiger partial charge in [0.15, 0.2) is 11.6 Å². The summed E-state index contributed by atoms with van der Waals surface area (Å²) in [5, 5.41) is 18.0. The second-order valence-corrected chi connectivity index (χ2v) is 8.24. The SMILES string of the molecule is Cc1nsc(Nc2cncc(C(=O)NCC(C)(C)O)n2)c1C(=O)Nc1ccc(F)c(F)c1. The highest BCUT2D eigenvalue weighted by atomic mass is 32.1. The lowest BCUT2D eigenvalue weighted by Crippen LogP contribution is -2.38. The van der Waals surface area contributed by atoms with Crippen molar-refractivity contribution in [2.45, 2.75) is 26.4 Å². The molecule has 168 valence electrons. The number of aryl methyl sites for hydroxylation is 1. The molecule has 0 bridgehead atoms. The van der Waals surface area contributed by atoms with E-state index in [0.29, 0.717) is 10.7 Å². The largest absolute Gasteiger partial charge is 0.389 e. The monoisotopic (exact) mass is 462 g/mol. The van der Waals surface area contributed by atoms with Crippen LogP contribution in [0.3, 0.4) is 0 Å². The van der Waals surface area contributed by atoms with Gasteiger partial charge in [-0.1, -0.05) is 0 Å². The number of hydrogen-bond acceptors (Lipinski definition) is 8. The molecule has 9 nitrogen and oxygen atoms in total. The van der Waals surface area contributed by atoms with Crippen molar-refractivity contribution in [3.63, 3.8) is 0 Å². The van der Waals surface area contributed by atoms with E-state index in [9.17, 15) is 23.5 Å². The Bertz CT molecular complexity index is 1160. The van der Waals surface area contributed by atoms with E-state index in [2.05, 4.69) is 30.3 Å². The molecule has 2 heterocycles. The zero-order valence-corrected chi connectivity index (χ0v) is 18.2. The number of aromatic nitrogens is 3. The number of rotatable bonds is 7.